The Morgan fingerprint density at radius 1 is 0.808 bits per heavy atom. The first kappa shape index (κ1) is 17.7. The Hall–Kier alpha value is -3.12. The van der Waals surface area contributed by atoms with Crippen molar-refractivity contribution in [3.63, 3.8) is 0 Å². The number of rotatable bonds is 7. The molecule has 0 saturated heterocycles. The number of hydrogen-bond donors (Lipinski definition) is 0. The van der Waals surface area contributed by atoms with Gasteiger partial charge in [-0.2, -0.15) is 0 Å². The lowest BCUT2D eigenvalue weighted by atomic mass is 10.2. The number of carbonyl (C=O) groups excluding carboxylic acids is 2. The summed E-state index contributed by atoms with van der Waals surface area (Å²) in [6.45, 7) is 0.371. The highest BCUT2D eigenvalue weighted by molar-refractivity contribution is 7.12. The summed E-state index contributed by atoms with van der Waals surface area (Å²) in [6, 6.07) is 19.0. The maximum Gasteiger partial charge on any atom is 0.353 e. The summed E-state index contributed by atoms with van der Waals surface area (Å²) in [5.74, 6) is 0.0434. The number of benzene rings is 2. The number of hydrogen-bond acceptors (Lipinski definition) is 6. The Labute approximate surface area is 154 Å². The third-order valence-electron chi connectivity index (χ3n) is 3.33. The van der Waals surface area contributed by atoms with Gasteiger partial charge in [0, 0.05) is 0 Å². The van der Waals surface area contributed by atoms with Crippen molar-refractivity contribution in [3.8, 4) is 11.5 Å². The van der Waals surface area contributed by atoms with E-state index in [-0.39, 0.29) is 13.2 Å². The summed E-state index contributed by atoms with van der Waals surface area (Å²) in [4.78, 5) is 24.6. The molecule has 0 N–H and O–H groups in total. The molecule has 0 aliphatic carbocycles. The van der Waals surface area contributed by atoms with Gasteiger partial charge in [0.25, 0.3) is 0 Å². The van der Waals surface area contributed by atoms with E-state index in [9.17, 15) is 9.59 Å². The van der Waals surface area contributed by atoms with Crippen molar-refractivity contribution in [1.29, 1.82) is 0 Å². The highest BCUT2D eigenvalue weighted by Crippen LogP contribution is 2.18. The molecule has 0 atom stereocenters. The van der Waals surface area contributed by atoms with Gasteiger partial charge in [0.05, 0.1) is 5.56 Å². The van der Waals surface area contributed by atoms with Crippen molar-refractivity contribution < 1.29 is 23.8 Å². The molecule has 1 heterocycles. The van der Waals surface area contributed by atoms with E-state index in [1.54, 1.807) is 35.7 Å². The van der Waals surface area contributed by atoms with Crippen LogP contribution in [0, 0.1) is 0 Å². The van der Waals surface area contributed by atoms with Crippen molar-refractivity contribution in [2.75, 3.05) is 13.2 Å². The van der Waals surface area contributed by atoms with Gasteiger partial charge in [-0.1, -0.05) is 30.3 Å². The quantitative estimate of drug-likeness (QED) is 0.355. The lowest BCUT2D eigenvalue weighted by Crippen LogP contribution is -2.13. The molecule has 3 rings (SSSR count). The van der Waals surface area contributed by atoms with Crippen LogP contribution in [-0.4, -0.2) is 25.2 Å². The van der Waals surface area contributed by atoms with Crippen molar-refractivity contribution >= 4 is 23.3 Å². The summed E-state index contributed by atoms with van der Waals surface area (Å²) in [7, 11) is 0. The third-order valence-corrected chi connectivity index (χ3v) is 4.18. The molecule has 5 nitrogen and oxygen atoms in total. The van der Waals surface area contributed by atoms with Crippen LogP contribution in [0.15, 0.2) is 72.1 Å². The lowest BCUT2D eigenvalue weighted by molar-refractivity contribution is 0.0449. The van der Waals surface area contributed by atoms with Crippen LogP contribution >= 0.6 is 11.3 Å². The number of carbonyl (C=O) groups is 2. The Morgan fingerprint density at radius 3 is 2.38 bits per heavy atom. The molecular weight excluding hydrogens is 352 g/mol. The average Bonchev–Trinajstić information content (AvgIpc) is 3.21. The molecule has 0 spiro atoms. The largest absolute Gasteiger partial charge is 0.490 e. The first-order valence-electron chi connectivity index (χ1n) is 7.93. The summed E-state index contributed by atoms with van der Waals surface area (Å²) < 4.78 is 15.9. The summed E-state index contributed by atoms with van der Waals surface area (Å²) >= 11 is 1.29. The maximum absolute atomic E-state index is 12.1. The van der Waals surface area contributed by atoms with Crippen LogP contribution in [0.5, 0.6) is 11.5 Å². The number of thiophene rings is 1. The van der Waals surface area contributed by atoms with Gasteiger partial charge in [0.1, 0.15) is 29.6 Å². The van der Waals surface area contributed by atoms with E-state index in [1.807, 2.05) is 30.3 Å². The van der Waals surface area contributed by atoms with E-state index in [0.717, 1.165) is 0 Å². The second kappa shape index (κ2) is 8.82. The lowest BCUT2D eigenvalue weighted by Gasteiger charge is -2.08. The molecule has 0 amide bonds. The first-order valence-corrected chi connectivity index (χ1v) is 8.81. The van der Waals surface area contributed by atoms with Crippen molar-refractivity contribution in [2.45, 2.75) is 0 Å². The molecule has 0 aliphatic rings. The molecule has 0 fully saturated rings. The Kier molecular flexibility index (Phi) is 6.01. The van der Waals surface area contributed by atoms with Gasteiger partial charge in [0.2, 0.25) is 0 Å². The minimum atomic E-state index is -0.504. The van der Waals surface area contributed by atoms with Crippen molar-refractivity contribution in [2.24, 2.45) is 0 Å². The van der Waals surface area contributed by atoms with Crippen molar-refractivity contribution in [1.82, 2.24) is 0 Å². The first-order chi connectivity index (χ1) is 12.7. The molecule has 0 saturated carbocycles. The molecule has 1 aromatic heterocycles. The Morgan fingerprint density at radius 2 is 1.62 bits per heavy atom. The van der Waals surface area contributed by atoms with Crippen LogP contribution in [0.1, 0.15) is 20.0 Å². The Bertz CT molecular complexity index is 859. The van der Waals surface area contributed by atoms with Gasteiger partial charge in [-0.15, -0.1) is 11.3 Å². The second-order valence-electron chi connectivity index (χ2n) is 5.19. The van der Waals surface area contributed by atoms with Gasteiger partial charge in [0.15, 0.2) is 0 Å². The summed E-state index contributed by atoms with van der Waals surface area (Å²) in [5.41, 5.74) is 0.307. The van der Waals surface area contributed by atoms with E-state index in [4.69, 9.17) is 14.2 Å². The van der Waals surface area contributed by atoms with Crippen molar-refractivity contribution in [3.05, 3.63) is 82.6 Å². The van der Waals surface area contributed by atoms with Gasteiger partial charge in [-0.3, -0.25) is 0 Å². The van der Waals surface area contributed by atoms with Gasteiger partial charge in [-0.05, 0) is 41.8 Å². The topological polar surface area (TPSA) is 61.8 Å². The van der Waals surface area contributed by atoms with Crippen LogP contribution in [-0.2, 0) is 4.74 Å². The zero-order chi connectivity index (χ0) is 18.2. The molecule has 132 valence electrons. The summed E-state index contributed by atoms with van der Waals surface area (Å²) in [5, 5.41) is 1.79. The van der Waals surface area contributed by atoms with E-state index < -0.39 is 11.9 Å². The molecule has 3 aromatic rings. The predicted octanol–water partition coefficient (Wildman–Crippen LogP) is 4.20. The standard InChI is InChI=1S/C20H16O5S/c21-19(24-12-11-23-16-7-2-1-3-8-16)15-6-4-9-17(14-15)25-20(22)18-10-5-13-26-18/h1-10,13-14H,11-12H2. The van der Waals surface area contributed by atoms with Gasteiger partial charge < -0.3 is 14.2 Å². The molecule has 0 unspecified atom stereocenters. The molecular formula is C20H16O5S. The normalized spacial score (nSPS) is 10.2. The predicted molar refractivity (Wildman–Crippen MR) is 97.9 cm³/mol. The maximum atomic E-state index is 12.1. The van der Waals surface area contributed by atoms with Crippen LogP contribution < -0.4 is 9.47 Å². The third kappa shape index (κ3) is 4.94. The zero-order valence-corrected chi connectivity index (χ0v) is 14.6. The van der Waals surface area contributed by atoms with E-state index in [2.05, 4.69) is 0 Å². The fraction of sp³-hybridized carbons (Fsp3) is 0.100. The molecule has 0 aliphatic heterocycles. The fourth-order valence-electron chi connectivity index (χ4n) is 2.13. The van der Waals surface area contributed by atoms with Crippen LogP contribution in [0.2, 0.25) is 0 Å². The van der Waals surface area contributed by atoms with Gasteiger partial charge in [-0.25, -0.2) is 9.59 Å². The van der Waals surface area contributed by atoms with Gasteiger partial charge >= 0.3 is 11.9 Å². The average molecular weight is 368 g/mol. The second-order valence-corrected chi connectivity index (χ2v) is 6.14. The smallest absolute Gasteiger partial charge is 0.353 e. The van der Waals surface area contributed by atoms with E-state index in [0.29, 0.717) is 21.9 Å². The number of para-hydroxylation sites is 1. The molecule has 0 bridgehead atoms. The van der Waals surface area contributed by atoms with E-state index >= 15 is 0 Å². The zero-order valence-electron chi connectivity index (χ0n) is 13.8. The molecule has 2 aromatic carbocycles. The molecule has 0 radical (unpaired) electrons. The molecule has 26 heavy (non-hydrogen) atoms. The SMILES string of the molecule is O=C(OCCOc1ccccc1)c1cccc(OC(=O)c2cccs2)c1. The van der Waals surface area contributed by atoms with E-state index in [1.165, 1.54) is 17.4 Å². The van der Waals surface area contributed by atoms with Crippen LogP contribution in [0.25, 0.3) is 0 Å². The highest BCUT2D eigenvalue weighted by atomic mass is 32.1. The minimum absolute atomic E-state index is 0.118. The number of esters is 2. The molecule has 6 heteroatoms. The Balaban J connectivity index is 1.50. The number of ether oxygens (including phenoxy) is 3. The fourth-order valence-corrected chi connectivity index (χ4v) is 2.73. The minimum Gasteiger partial charge on any atom is -0.490 e. The highest BCUT2D eigenvalue weighted by Gasteiger charge is 2.12. The summed E-state index contributed by atoms with van der Waals surface area (Å²) in [6.07, 6.45) is 0. The monoisotopic (exact) mass is 368 g/mol. The van der Waals surface area contributed by atoms with Crippen LogP contribution in [0.3, 0.4) is 0 Å². The van der Waals surface area contributed by atoms with Crippen LogP contribution in [0.4, 0.5) is 0 Å².